The number of aromatic carboxylic acids is 1. The Morgan fingerprint density at radius 3 is 2.65 bits per heavy atom. The predicted octanol–water partition coefficient (Wildman–Crippen LogP) is 2.58. The summed E-state index contributed by atoms with van der Waals surface area (Å²) in [7, 11) is 0. The quantitative estimate of drug-likeness (QED) is 0.789. The molecule has 1 atom stereocenters. The largest absolute Gasteiger partial charge is 0.478 e. The number of hydrogen-bond acceptors (Lipinski definition) is 4. The van der Waals surface area contributed by atoms with Crippen molar-refractivity contribution < 1.29 is 15.0 Å². The highest BCUT2D eigenvalue weighted by Crippen LogP contribution is 2.21. The molecule has 3 N–H and O–H groups in total. The number of pyridine rings is 1. The van der Waals surface area contributed by atoms with E-state index in [1.165, 1.54) is 12.3 Å². The van der Waals surface area contributed by atoms with E-state index in [0.717, 1.165) is 5.56 Å². The molecule has 6 heteroatoms. The first-order chi connectivity index (χ1) is 9.58. The second-order valence-electron chi connectivity index (χ2n) is 4.17. The molecule has 0 fully saturated rings. The third kappa shape index (κ3) is 3.46. The first-order valence-electron chi connectivity index (χ1n) is 5.93. The molecule has 1 aromatic carbocycles. The monoisotopic (exact) mass is 292 g/mol. The second kappa shape index (κ2) is 6.36. The van der Waals surface area contributed by atoms with Gasteiger partial charge in [0.2, 0.25) is 0 Å². The number of nitrogens with zero attached hydrogens (tertiary/aromatic N) is 1. The Morgan fingerprint density at radius 2 is 2.05 bits per heavy atom. The molecule has 104 valence electrons. The SMILES string of the molecule is O=C(O)c1cnc(NCC(O)c2ccccc2)c(Cl)c1. The molecular formula is C14H13ClN2O3. The van der Waals surface area contributed by atoms with Gasteiger partial charge in [0, 0.05) is 12.7 Å². The number of carboxylic acid groups (broad SMARTS) is 1. The molecule has 1 aromatic heterocycles. The molecule has 1 unspecified atom stereocenters. The number of hydrogen-bond donors (Lipinski definition) is 3. The van der Waals surface area contributed by atoms with Crippen molar-refractivity contribution in [3.63, 3.8) is 0 Å². The van der Waals surface area contributed by atoms with E-state index in [4.69, 9.17) is 16.7 Å². The lowest BCUT2D eigenvalue weighted by Crippen LogP contribution is -2.13. The highest BCUT2D eigenvalue weighted by Gasteiger charge is 2.11. The minimum absolute atomic E-state index is 0.0177. The van der Waals surface area contributed by atoms with Crippen LogP contribution in [0.25, 0.3) is 0 Å². The summed E-state index contributed by atoms with van der Waals surface area (Å²) in [5.41, 5.74) is 0.794. The van der Waals surface area contributed by atoms with Crippen LogP contribution in [0.1, 0.15) is 22.0 Å². The lowest BCUT2D eigenvalue weighted by atomic mass is 10.1. The maximum Gasteiger partial charge on any atom is 0.337 e. The molecule has 0 saturated heterocycles. The maximum atomic E-state index is 10.8. The number of carboxylic acids is 1. The standard InChI is InChI=1S/C14H13ClN2O3/c15-11-6-10(14(19)20)7-16-13(11)17-8-12(18)9-4-2-1-3-5-9/h1-7,12,18H,8H2,(H,16,17)(H,19,20). The Morgan fingerprint density at radius 1 is 1.35 bits per heavy atom. The number of benzene rings is 1. The maximum absolute atomic E-state index is 10.8. The van der Waals surface area contributed by atoms with Crippen LogP contribution in [-0.4, -0.2) is 27.7 Å². The van der Waals surface area contributed by atoms with Crippen molar-refractivity contribution in [3.8, 4) is 0 Å². The summed E-state index contributed by atoms with van der Waals surface area (Å²) in [6.07, 6.45) is 0.513. The fourth-order valence-corrected chi connectivity index (χ4v) is 1.90. The zero-order valence-corrected chi connectivity index (χ0v) is 11.2. The molecule has 2 aromatic rings. The lowest BCUT2D eigenvalue weighted by molar-refractivity contribution is 0.0696. The second-order valence-corrected chi connectivity index (χ2v) is 4.57. The number of aliphatic hydroxyl groups excluding tert-OH is 1. The first-order valence-corrected chi connectivity index (χ1v) is 6.31. The Bertz CT molecular complexity index is 605. The van der Waals surface area contributed by atoms with Gasteiger partial charge in [0.15, 0.2) is 0 Å². The van der Waals surface area contributed by atoms with E-state index < -0.39 is 12.1 Å². The van der Waals surface area contributed by atoms with E-state index in [2.05, 4.69) is 10.3 Å². The van der Waals surface area contributed by atoms with Crippen LogP contribution in [-0.2, 0) is 0 Å². The highest BCUT2D eigenvalue weighted by atomic mass is 35.5. The van der Waals surface area contributed by atoms with Crippen molar-refractivity contribution in [2.24, 2.45) is 0 Å². The number of aliphatic hydroxyl groups is 1. The normalized spacial score (nSPS) is 11.9. The number of halogens is 1. The summed E-state index contributed by atoms with van der Waals surface area (Å²) in [6.45, 7) is 0.225. The predicted molar refractivity (Wildman–Crippen MR) is 76.1 cm³/mol. The molecule has 0 radical (unpaired) electrons. The van der Waals surface area contributed by atoms with Gasteiger partial charge in [-0.3, -0.25) is 0 Å². The number of carbonyl (C=O) groups is 1. The fourth-order valence-electron chi connectivity index (χ4n) is 1.67. The van der Waals surface area contributed by atoms with Crippen molar-refractivity contribution in [1.29, 1.82) is 0 Å². The lowest BCUT2D eigenvalue weighted by Gasteiger charge is -2.13. The van der Waals surface area contributed by atoms with Gasteiger partial charge in [0.05, 0.1) is 16.7 Å². The minimum Gasteiger partial charge on any atom is -0.478 e. The Labute approximate surface area is 120 Å². The van der Waals surface area contributed by atoms with Gasteiger partial charge in [-0.25, -0.2) is 9.78 Å². The van der Waals surface area contributed by atoms with Gasteiger partial charge in [-0.1, -0.05) is 41.9 Å². The van der Waals surface area contributed by atoms with E-state index in [1.54, 1.807) is 0 Å². The summed E-state index contributed by atoms with van der Waals surface area (Å²) in [6, 6.07) is 10.5. The fraction of sp³-hybridized carbons (Fsp3) is 0.143. The third-order valence-electron chi connectivity index (χ3n) is 2.74. The Hall–Kier alpha value is -2.11. The molecule has 2 rings (SSSR count). The smallest absolute Gasteiger partial charge is 0.337 e. The molecule has 0 aliphatic heterocycles. The number of rotatable bonds is 5. The average molecular weight is 293 g/mol. The van der Waals surface area contributed by atoms with Crippen molar-refractivity contribution in [3.05, 3.63) is 58.7 Å². The topological polar surface area (TPSA) is 82.5 Å². The minimum atomic E-state index is -1.09. The van der Waals surface area contributed by atoms with E-state index >= 15 is 0 Å². The summed E-state index contributed by atoms with van der Waals surface area (Å²) in [5.74, 6) is -0.748. The van der Waals surface area contributed by atoms with Crippen LogP contribution in [0.2, 0.25) is 5.02 Å². The molecular weight excluding hydrogens is 280 g/mol. The van der Waals surface area contributed by atoms with Gasteiger partial charge >= 0.3 is 5.97 Å². The van der Waals surface area contributed by atoms with Crippen LogP contribution in [0.3, 0.4) is 0 Å². The van der Waals surface area contributed by atoms with Gasteiger partial charge in [-0.05, 0) is 11.6 Å². The summed E-state index contributed by atoms with van der Waals surface area (Å²) in [5, 5.41) is 21.9. The zero-order chi connectivity index (χ0) is 14.5. The van der Waals surface area contributed by atoms with Gasteiger partial charge in [-0.15, -0.1) is 0 Å². The first kappa shape index (κ1) is 14.3. The van der Waals surface area contributed by atoms with Gasteiger partial charge in [0.25, 0.3) is 0 Å². The van der Waals surface area contributed by atoms with Crippen LogP contribution in [0.4, 0.5) is 5.82 Å². The molecule has 0 aliphatic rings. The van der Waals surface area contributed by atoms with Crippen LogP contribution in [0.15, 0.2) is 42.6 Å². The van der Waals surface area contributed by atoms with Crippen LogP contribution < -0.4 is 5.32 Å². The number of anilines is 1. The molecule has 0 aliphatic carbocycles. The van der Waals surface area contributed by atoms with E-state index in [9.17, 15) is 9.90 Å². The Balaban J connectivity index is 2.02. The van der Waals surface area contributed by atoms with Gasteiger partial charge < -0.3 is 15.5 Å². The van der Waals surface area contributed by atoms with Gasteiger partial charge in [0.1, 0.15) is 5.82 Å². The summed E-state index contributed by atoms with van der Waals surface area (Å²) < 4.78 is 0. The number of aromatic nitrogens is 1. The Kier molecular flexibility index (Phi) is 4.55. The molecule has 5 nitrogen and oxygen atoms in total. The molecule has 0 amide bonds. The molecule has 0 spiro atoms. The molecule has 1 heterocycles. The van der Waals surface area contributed by atoms with E-state index in [-0.39, 0.29) is 17.1 Å². The van der Waals surface area contributed by atoms with Gasteiger partial charge in [-0.2, -0.15) is 0 Å². The van der Waals surface area contributed by atoms with Crippen LogP contribution in [0, 0.1) is 0 Å². The highest BCUT2D eigenvalue weighted by molar-refractivity contribution is 6.33. The van der Waals surface area contributed by atoms with Crippen molar-refractivity contribution in [2.75, 3.05) is 11.9 Å². The molecule has 0 bridgehead atoms. The summed E-state index contributed by atoms with van der Waals surface area (Å²) >= 11 is 5.93. The molecule has 0 saturated carbocycles. The molecule has 20 heavy (non-hydrogen) atoms. The van der Waals surface area contributed by atoms with Crippen molar-refractivity contribution in [1.82, 2.24) is 4.98 Å². The van der Waals surface area contributed by atoms with Crippen LogP contribution in [0.5, 0.6) is 0 Å². The van der Waals surface area contributed by atoms with Crippen molar-refractivity contribution in [2.45, 2.75) is 6.10 Å². The average Bonchev–Trinajstić information content (AvgIpc) is 2.46. The van der Waals surface area contributed by atoms with Crippen LogP contribution >= 0.6 is 11.6 Å². The van der Waals surface area contributed by atoms with E-state index in [1.807, 2.05) is 30.3 Å². The number of nitrogens with one attached hydrogen (secondary N) is 1. The zero-order valence-electron chi connectivity index (χ0n) is 10.5. The summed E-state index contributed by atoms with van der Waals surface area (Å²) in [4.78, 5) is 14.7. The van der Waals surface area contributed by atoms with Crippen molar-refractivity contribution >= 4 is 23.4 Å². The third-order valence-corrected chi connectivity index (χ3v) is 3.02. The van der Waals surface area contributed by atoms with E-state index in [0.29, 0.717) is 5.82 Å².